The molecule has 0 aliphatic rings. The van der Waals surface area contributed by atoms with Gasteiger partial charge >= 0.3 is 0 Å². The van der Waals surface area contributed by atoms with Gasteiger partial charge in [-0.15, -0.1) is 11.3 Å². The van der Waals surface area contributed by atoms with Gasteiger partial charge in [-0.05, 0) is 19.1 Å². The van der Waals surface area contributed by atoms with E-state index in [0.29, 0.717) is 17.1 Å². The van der Waals surface area contributed by atoms with Gasteiger partial charge in [0.15, 0.2) is 0 Å². The number of hydrogen-bond donors (Lipinski definition) is 1. The molecule has 0 fully saturated rings. The third kappa shape index (κ3) is 3.77. The maximum Gasteiger partial charge on any atom is 0.129 e. The average molecular weight is 285 g/mol. The quantitative estimate of drug-likeness (QED) is 0.849. The Labute approximate surface area is 115 Å². The second-order valence-corrected chi connectivity index (χ2v) is 5.52. The Morgan fingerprint density at radius 2 is 2.28 bits per heavy atom. The Morgan fingerprint density at radius 3 is 2.94 bits per heavy atom. The fourth-order valence-corrected chi connectivity index (χ4v) is 2.43. The summed E-state index contributed by atoms with van der Waals surface area (Å²) < 4.78 is 13.5. The number of nitrogens with one attached hydrogen (secondary N) is 1. The Morgan fingerprint density at radius 1 is 1.44 bits per heavy atom. The number of nitrogens with zero attached hydrogens (tertiary/aromatic N) is 1. The summed E-state index contributed by atoms with van der Waals surface area (Å²) in [5.74, 6) is -0.264. The van der Waals surface area contributed by atoms with Crippen LogP contribution in [0.25, 0.3) is 0 Å². The molecule has 0 atom stereocenters. The smallest absolute Gasteiger partial charge is 0.129 e. The van der Waals surface area contributed by atoms with E-state index in [2.05, 4.69) is 15.7 Å². The maximum absolute atomic E-state index is 13.5. The van der Waals surface area contributed by atoms with Crippen molar-refractivity contribution < 1.29 is 4.39 Å². The van der Waals surface area contributed by atoms with Crippen LogP contribution in [0.4, 0.5) is 4.39 Å². The minimum absolute atomic E-state index is 0.264. The third-order valence-electron chi connectivity index (χ3n) is 2.56. The summed E-state index contributed by atoms with van der Waals surface area (Å²) in [7, 11) is 0. The van der Waals surface area contributed by atoms with Crippen LogP contribution in [0.2, 0.25) is 5.02 Å². The largest absolute Gasteiger partial charge is 0.312 e. The molecule has 1 aromatic heterocycles. The molecule has 0 bridgehead atoms. The molecule has 1 aromatic carbocycles. The van der Waals surface area contributed by atoms with Crippen LogP contribution in [0.1, 0.15) is 16.3 Å². The Kier molecular flexibility index (Phi) is 4.69. The van der Waals surface area contributed by atoms with Crippen molar-refractivity contribution in [3.8, 4) is 0 Å². The lowest BCUT2D eigenvalue weighted by Gasteiger charge is -2.05. The van der Waals surface area contributed by atoms with Crippen LogP contribution < -0.4 is 5.32 Å². The SMILES string of the molecule is Cc1nc(CCNCc2ccc(Cl)cc2F)cs1. The minimum Gasteiger partial charge on any atom is -0.312 e. The Balaban J connectivity index is 1.78. The lowest BCUT2D eigenvalue weighted by atomic mass is 10.2. The molecule has 1 heterocycles. The first kappa shape index (κ1) is 13.5. The minimum atomic E-state index is -0.264. The average Bonchev–Trinajstić information content (AvgIpc) is 2.73. The summed E-state index contributed by atoms with van der Waals surface area (Å²) in [5.41, 5.74) is 1.72. The fraction of sp³-hybridized carbons (Fsp3) is 0.308. The molecule has 0 saturated heterocycles. The van der Waals surface area contributed by atoms with Crippen molar-refractivity contribution in [3.63, 3.8) is 0 Å². The van der Waals surface area contributed by atoms with Crippen molar-refractivity contribution in [3.05, 3.63) is 50.7 Å². The lowest BCUT2D eigenvalue weighted by molar-refractivity contribution is 0.588. The van der Waals surface area contributed by atoms with Gasteiger partial charge in [-0.2, -0.15) is 0 Å². The van der Waals surface area contributed by atoms with E-state index in [1.54, 1.807) is 23.5 Å². The molecule has 1 N–H and O–H groups in total. The molecule has 2 rings (SSSR count). The van der Waals surface area contributed by atoms with Crippen molar-refractivity contribution in [1.82, 2.24) is 10.3 Å². The van der Waals surface area contributed by atoms with Crippen LogP contribution in [0.15, 0.2) is 23.6 Å². The van der Waals surface area contributed by atoms with E-state index in [1.165, 1.54) is 6.07 Å². The molecule has 0 saturated carbocycles. The summed E-state index contributed by atoms with van der Waals surface area (Å²) in [6, 6.07) is 4.74. The normalized spacial score (nSPS) is 10.8. The van der Waals surface area contributed by atoms with E-state index in [4.69, 9.17) is 11.6 Å². The van der Waals surface area contributed by atoms with Gasteiger partial charge in [0.25, 0.3) is 0 Å². The number of halogens is 2. The molecule has 0 aliphatic heterocycles. The van der Waals surface area contributed by atoms with Gasteiger partial charge in [0.05, 0.1) is 10.7 Å². The van der Waals surface area contributed by atoms with Crippen LogP contribution in [-0.4, -0.2) is 11.5 Å². The fourth-order valence-electron chi connectivity index (χ4n) is 1.63. The lowest BCUT2D eigenvalue weighted by Crippen LogP contribution is -2.17. The highest BCUT2D eigenvalue weighted by atomic mass is 35.5. The summed E-state index contributed by atoms with van der Waals surface area (Å²) in [4.78, 5) is 4.37. The molecule has 0 amide bonds. The molecule has 2 nitrogen and oxygen atoms in total. The summed E-state index contributed by atoms with van der Waals surface area (Å²) >= 11 is 7.34. The van der Waals surface area contributed by atoms with E-state index < -0.39 is 0 Å². The van der Waals surface area contributed by atoms with Crippen LogP contribution in [0.3, 0.4) is 0 Å². The third-order valence-corrected chi connectivity index (χ3v) is 3.61. The van der Waals surface area contributed by atoms with Crippen molar-refractivity contribution in [2.75, 3.05) is 6.54 Å². The molecule has 96 valence electrons. The maximum atomic E-state index is 13.5. The zero-order valence-electron chi connectivity index (χ0n) is 10.0. The van der Waals surface area contributed by atoms with Gasteiger partial charge in [-0.3, -0.25) is 0 Å². The van der Waals surface area contributed by atoms with E-state index in [-0.39, 0.29) is 5.82 Å². The number of aryl methyl sites for hydroxylation is 1. The van der Waals surface area contributed by atoms with Gasteiger partial charge in [-0.25, -0.2) is 9.37 Å². The highest BCUT2D eigenvalue weighted by Gasteiger charge is 2.03. The molecule has 0 spiro atoms. The number of benzene rings is 1. The van der Waals surface area contributed by atoms with Crippen LogP contribution in [0.5, 0.6) is 0 Å². The molecular weight excluding hydrogens is 271 g/mol. The van der Waals surface area contributed by atoms with Crippen LogP contribution in [-0.2, 0) is 13.0 Å². The molecule has 18 heavy (non-hydrogen) atoms. The second-order valence-electron chi connectivity index (χ2n) is 4.02. The summed E-state index contributed by atoms with van der Waals surface area (Å²) in [6.45, 7) is 3.28. The number of aromatic nitrogens is 1. The zero-order chi connectivity index (χ0) is 13.0. The van der Waals surface area contributed by atoms with E-state index in [0.717, 1.165) is 23.7 Å². The van der Waals surface area contributed by atoms with E-state index >= 15 is 0 Å². The van der Waals surface area contributed by atoms with Crippen molar-refractivity contribution in [1.29, 1.82) is 0 Å². The van der Waals surface area contributed by atoms with Crippen molar-refractivity contribution >= 4 is 22.9 Å². The highest BCUT2D eigenvalue weighted by molar-refractivity contribution is 7.09. The molecule has 0 aliphatic carbocycles. The van der Waals surface area contributed by atoms with Gasteiger partial charge in [-0.1, -0.05) is 17.7 Å². The topological polar surface area (TPSA) is 24.9 Å². The summed E-state index contributed by atoms with van der Waals surface area (Å²) in [6.07, 6.45) is 0.861. The molecule has 2 aromatic rings. The second kappa shape index (κ2) is 6.27. The first-order valence-corrected chi connectivity index (χ1v) is 6.96. The van der Waals surface area contributed by atoms with Gasteiger partial charge < -0.3 is 5.32 Å². The van der Waals surface area contributed by atoms with E-state index in [9.17, 15) is 4.39 Å². The number of thiazole rings is 1. The van der Waals surface area contributed by atoms with Gasteiger partial charge in [0, 0.05) is 35.5 Å². The number of rotatable bonds is 5. The number of hydrogen-bond acceptors (Lipinski definition) is 3. The van der Waals surface area contributed by atoms with Crippen LogP contribution >= 0.6 is 22.9 Å². The molecular formula is C13H14ClFN2S. The molecule has 0 radical (unpaired) electrons. The van der Waals surface area contributed by atoms with E-state index in [1.807, 2.05) is 6.92 Å². The van der Waals surface area contributed by atoms with Gasteiger partial charge in [0.2, 0.25) is 0 Å². The predicted molar refractivity (Wildman–Crippen MR) is 73.7 cm³/mol. The first-order chi connectivity index (χ1) is 8.65. The highest BCUT2D eigenvalue weighted by Crippen LogP contribution is 2.14. The predicted octanol–water partition coefficient (Wildman–Crippen LogP) is 3.58. The Bertz CT molecular complexity index is 527. The molecule has 0 unspecified atom stereocenters. The van der Waals surface area contributed by atoms with Crippen molar-refractivity contribution in [2.24, 2.45) is 0 Å². The zero-order valence-corrected chi connectivity index (χ0v) is 11.6. The van der Waals surface area contributed by atoms with Gasteiger partial charge in [0.1, 0.15) is 5.82 Å². The van der Waals surface area contributed by atoms with Crippen LogP contribution in [0, 0.1) is 12.7 Å². The standard InChI is InChI=1S/C13H14ClFN2S/c1-9-17-12(8-18-9)4-5-16-7-10-2-3-11(14)6-13(10)15/h2-3,6,8,16H,4-5,7H2,1H3. The Hall–Kier alpha value is -0.970. The molecule has 5 heteroatoms. The monoisotopic (exact) mass is 284 g/mol. The summed E-state index contributed by atoms with van der Waals surface area (Å²) in [5, 5.41) is 6.76. The first-order valence-electron chi connectivity index (χ1n) is 5.71. The van der Waals surface area contributed by atoms with Crippen molar-refractivity contribution in [2.45, 2.75) is 19.9 Å².